The summed E-state index contributed by atoms with van der Waals surface area (Å²) in [5, 5.41) is -0.330. The molecule has 2 fully saturated rings. The Morgan fingerprint density at radius 2 is 2.06 bits per heavy atom. The standard InChI is InChI=1S/C15H17ClOS/c1-9-12(15(16)17)6-7-13(11-4-5-11)14(9)18-8-10-2-3-10/h6-7,10-11H,2-5,8H2,1H3. The van der Waals surface area contributed by atoms with Crippen LogP contribution in [0.4, 0.5) is 0 Å². The summed E-state index contributed by atoms with van der Waals surface area (Å²) < 4.78 is 0. The largest absolute Gasteiger partial charge is 0.276 e. The predicted molar refractivity (Wildman–Crippen MR) is 76.8 cm³/mol. The Labute approximate surface area is 117 Å². The van der Waals surface area contributed by atoms with Gasteiger partial charge < -0.3 is 0 Å². The Morgan fingerprint density at radius 3 is 2.61 bits per heavy atom. The number of carbonyl (C=O) groups is 1. The average Bonchev–Trinajstić information content (AvgIpc) is 3.19. The molecule has 3 heteroatoms. The van der Waals surface area contributed by atoms with Gasteiger partial charge in [-0.1, -0.05) is 6.07 Å². The van der Waals surface area contributed by atoms with E-state index in [9.17, 15) is 4.79 Å². The second-order valence-electron chi connectivity index (χ2n) is 5.46. The van der Waals surface area contributed by atoms with Crippen molar-refractivity contribution in [1.29, 1.82) is 0 Å². The van der Waals surface area contributed by atoms with Crippen LogP contribution in [0, 0.1) is 12.8 Å². The molecule has 96 valence electrons. The van der Waals surface area contributed by atoms with Crippen LogP contribution in [0.2, 0.25) is 0 Å². The monoisotopic (exact) mass is 280 g/mol. The van der Waals surface area contributed by atoms with Crippen molar-refractivity contribution in [3.05, 3.63) is 28.8 Å². The normalized spacial score (nSPS) is 19.0. The van der Waals surface area contributed by atoms with Crippen molar-refractivity contribution in [2.24, 2.45) is 5.92 Å². The zero-order valence-corrected chi connectivity index (χ0v) is 12.1. The van der Waals surface area contributed by atoms with E-state index in [0.717, 1.165) is 17.4 Å². The van der Waals surface area contributed by atoms with E-state index in [0.29, 0.717) is 5.56 Å². The molecule has 0 N–H and O–H groups in total. The highest BCUT2D eigenvalue weighted by Gasteiger charge is 2.29. The van der Waals surface area contributed by atoms with Gasteiger partial charge in [-0.25, -0.2) is 0 Å². The lowest BCUT2D eigenvalue weighted by atomic mass is 10.0. The van der Waals surface area contributed by atoms with Crippen LogP contribution in [0.5, 0.6) is 0 Å². The van der Waals surface area contributed by atoms with E-state index in [1.165, 1.54) is 41.9 Å². The molecule has 0 atom stereocenters. The topological polar surface area (TPSA) is 17.1 Å². The van der Waals surface area contributed by atoms with Crippen molar-refractivity contribution < 1.29 is 4.79 Å². The Balaban J connectivity index is 1.93. The van der Waals surface area contributed by atoms with Crippen LogP contribution in [0.1, 0.15) is 53.1 Å². The first-order chi connectivity index (χ1) is 8.66. The highest BCUT2D eigenvalue weighted by molar-refractivity contribution is 7.99. The molecule has 1 aromatic carbocycles. The van der Waals surface area contributed by atoms with Crippen LogP contribution in [-0.2, 0) is 0 Å². The van der Waals surface area contributed by atoms with E-state index in [4.69, 9.17) is 11.6 Å². The molecule has 0 aliphatic heterocycles. The molecule has 2 aliphatic carbocycles. The maximum atomic E-state index is 11.4. The number of hydrogen-bond acceptors (Lipinski definition) is 2. The molecule has 2 aliphatic rings. The Hall–Kier alpha value is -0.470. The van der Waals surface area contributed by atoms with Crippen molar-refractivity contribution in [2.45, 2.75) is 43.4 Å². The van der Waals surface area contributed by atoms with Gasteiger partial charge in [0, 0.05) is 16.2 Å². The zero-order chi connectivity index (χ0) is 12.7. The van der Waals surface area contributed by atoms with Gasteiger partial charge in [-0.15, -0.1) is 11.8 Å². The fourth-order valence-corrected chi connectivity index (χ4v) is 3.99. The number of carbonyl (C=O) groups excluding carboxylic acids is 1. The van der Waals surface area contributed by atoms with Crippen molar-refractivity contribution in [3.63, 3.8) is 0 Å². The van der Waals surface area contributed by atoms with Gasteiger partial charge in [0.2, 0.25) is 0 Å². The van der Waals surface area contributed by atoms with E-state index in [1.807, 2.05) is 24.8 Å². The number of halogens is 1. The first-order valence-electron chi connectivity index (χ1n) is 6.63. The smallest absolute Gasteiger partial charge is 0.252 e. The summed E-state index contributed by atoms with van der Waals surface area (Å²) in [6.07, 6.45) is 5.34. The minimum absolute atomic E-state index is 0.330. The minimum atomic E-state index is -0.330. The lowest BCUT2D eigenvalue weighted by molar-refractivity contribution is 0.108. The molecule has 0 bridgehead atoms. The molecular formula is C15H17ClOS. The van der Waals surface area contributed by atoms with Gasteiger partial charge >= 0.3 is 0 Å². The molecule has 2 saturated carbocycles. The second-order valence-corrected chi connectivity index (χ2v) is 6.83. The summed E-state index contributed by atoms with van der Waals surface area (Å²) in [6, 6.07) is 4.02. The number of benzene rings is 1. The maximum Gasteiger partial charge on any atom is 0.252 e. The van der Waals surface area contributed by atoms with Gasteiger partial charge in [0.05, 0.1) is 0 Å². The van der Waals surface area contributed by atoms with Crippen LogP contribution in [0.15, 0.2) is 17.0 Å². The minimum Gasteiger partial charge on any atom is -0.276 e. The summed E-state index contributed by atoms with van der Waals surface area (Å²) in [5.41, 5.74) is 3.21. The van der Waals surface area contributed by atoms with Crippen LogP contribution in [0.3, 0.4) is 0 Å². The summed E-state index contributed by atoms with van der Waals surface area (Å²) in [6.45, 7) is 2.04. The third-order valence-corrected chi connectivity index (χ3v) is 5.50. The first-order valence-corrected chi connectivity index (χ1v) is 7.99. The van der Waals surface area contributed by atoms with Crippen molar-refractivity contribution in [3.8, 4) is 0 Å². The van der Waals surface area contributed by atoms with Gasteiger partial charge in [-0.2, -0.15) is 0 Å². The average molecular weight is 281 g/mol. The molecule has 3 rings (SSSR count). The van der Waals surface area contributed by atoms with Gasteiger partial charge in [-0.3, -0.25) is 4.79 Å². The Kier molecular flexibility index (Phi) is 3.42. The SMILES string of the molecule is Cc1c(C(=O)Cl)ccc(C2CC2)c1SCC1CC1. The van der Waals surface area contributed by atoms with Gasteiger partial charge in [-0.05, 0) is 73.2 Å². The fourth-order valence-electron chi connectivity index (χ4n) is 2.32. The number of thioether (sulfide) groups is 1. The predicted octanol–water partition coefficient (Wildman–Crippen LogP) is 4.75. The second kappa shape index (κ2) is 4.90. The van der Waals surface area contributed by atoms with Crippen LogP contribution < -0.4 is 0 Å². The van der Waals surface area contributed by atoms with Crippen molar-refractivity contribution in [1.82, 2.24) is 0 Å². The van der Waals surface area contributed by atoms with Crippen LogP contribution in [0.25, 0.3) is 0 Å². The molecule has 0 aromatic heterocycles. The fraction of sp³-hybridized carbons (Fsp3) is 0.533. The lowest BCUT2D eigenvalue weighted by Crippen LogP contribution is -1.99. The quantitative estimate of drug-likeness (QED) is 0.572. The van der Waals surface area contributed by atoms with E-state index in [1.54, 1.807) is 0 Å². The van der Waals surface area contributed by atoms with Gasteiger partial charge in [0.15, 0.2) is 0 Å². The molecule has 0 unspecified atom stereocenters. The maximum absolute atomic E-state index is 11.4. The summed E-state index contributed by atoms with van der Waals surface area (Å²) in [7, 11) is 0. The summed E-state index contributed by atoms with van der Waals surface area (Å²) >= 11 is 7.59. The lowest BCUT2D eigenvalue weighted by Gasteiger charge is -2.14. The van der Waals surface area contributed by atoms with Crippen LogP contribution in [-0.4, -0.2) is 11.0 Å². The molecule has 1 aromatic rings. The van der Waals surface area contributed by atoms with E-state index in [-0.39, 0.29) is 5.24 Å². The van der Waals surface area contributed by atoms with E-state index in [2.05, 4.69) is 6.07 Å². The van der Waals surface area contributed by atoms with Crippen LogP contribution >= 0.6 is 23.4 Å². The van der Waals surface area contributed by atoms with E-state index >= 15 is 0 Å². The molecule has 1 nitrogen and oxygen atoms in total. The third kappa shape index (κ3) is 2.60. The molecule has 0 amide bonds. The Bertz CT molecular complexity index is 490. The molecule has 0 saturated heterocycles. The molecular weight excluding hydrogens is 264 g/mol. The highest BCUT2D eigenvalue weighted by Crippen LogP contribution is 2.47. The van der Waals surface area contributed by atoms with Gasteiger partial charge in [0.25, 0.3) is 5.24 Å². The number of rotatable bonds is 5. The summed E-state index contributed by atoms with van der Waals surface area (Å²) in [4.78, 5) is 12.8. The molecule has 0 radical (unpaired) electrons. The van der Waals surface area contributed by atoms with Gasteiger partial charge in [0.1, 0.15) is 0 Å². The zero-order valence-electron chi connectivity index (χ0n) is 10.5. The highest BCUT2D eigenvalue weighted by atomic mass is 35.5. The number of hydrogen-bond donors (Lipinski definition) is 0. The first kappa shape index (κ1) is 12.6. The Morgan fingerprint density at radius 1 is 1.33 bits per heavy atom. The molecule has 18 heavy (non-hydrogen) atoms. The molecule has 0 heterocycles. The third-order valence-electron chi connectivity index (χ3n) is 3.83. The summed E-state index contributed by atoms with van der Waals surface area (Å²) in [5.74, 6) is 2.82. The van der Waals surface area contributed by atoms with E-state index < -0.39 is 0 Å². The van der Waals surface area contributed by atoms with Crippen molar-refractivity contribution >= 4 is 28.6 Å². The molecule has 0 spiro atoms. The van der Waals surface area contributed by atoms with Crippen molar-refractivity contribution in [2.75, 3.05) is 5.75 Å².